The summed E-state index contributed by atoms with van der Waals surface area (Å²) < 4.78 is 17.7. The van der Waals surface area contributed by atoms with Crippen molar-refractivity contribution in [2.45, 2.75) is 50.2 Å². The van der Waals surface area contributed by atoms with Crippen molar-refractivity contribution in [3.05, 3.63) is 95.1 Å². The standard InChI is InChI=1S/C36H45N3O4/c1-41-20-5-17-38-19-21-42-34-13-10-28(22-33(34)38)26-43-35-24-37-16-14-32(35)30-11-8-27(9-12-30)23-36(40)39-18-15-31(25-39)29-6-3-2-4-7-29/h2-4,6-13,22,31-32,35,37H,5,14-21,23-26H2,1H3. The van der Waals surface area contributed by atoms with Crippen LogP contribution < -0.4 is 15.0 Å². The van der Waals surface area contributed by atoms with Crippen LogP contribution >= 0.6 is 0 Å². The van der Waals surface area contributed by atoms with Crippen LogP contribution in [-0.2, 0) is 27.3 Å². The first-order chi connectivity index (χ1) is 21.2. The molecule has 7 nitrogen and oxygen atoms in total. The summed E-state index contributed by atoms with van der Waals surface area (Å²) in [5, 5.41) is 3.53. The molecule has 0 bridgehead atoms. The number of carbonyl (C=O) groups excluding carboxylic acids is 1. The summed E-state index contributed by atoms with van der Waals surface area (Å²) in [5.74, 6) is 1.94. The quantitative estimate of drug-likeness (QED) is 0.316. The van der Waals surface area contributed by atoms with Gasteiger partial charge in [0.2, 0.25) is 5.91 Å². The predicted molar refractivity (Wildman–Crippen MR) is 170 cm³/mol. The number of hydrogen-bond donors (Lipinski definition) is 1. The Morgan fingerprint density at radius 2 is 1.81 bits per heavy atom. The van der Waals surface area contributed by atoms with Crippen molar-refractivity contribution in [3.63, 3.8) is 0 Å². The van der Waals surface area contributed by atoms with Crippen LogP contribution in [0.15, 0.2) is 72.8 Å². The van der Waals surface area contributed by atoms with Gasteiger partial charge in [-0.1, -0.05) is 60.7 Å². The van der Waals surface area contributed by atoms with E-state index in [0.29, 0.717) is 31.5 Å². The fourth-order valence-electron chi connectivity index (χ4n) is 6.78. The van der Waals surface area contributed by atoms with Crippen molar-refractivity contribution in [1.82, 2.24) is 10.2 Å². The smallest absolute Gasteiger partial charge is 0.227 e. The largest absolute Gasteiger partial charge is 0.490 e. The molecular weight excluding hydrogens is 538 g/mol. The number of rotatable bonds is 11. The Morgan fingerprint density at radius 3 is 2.65 bits per heavy atom. The van der Waals surface area contributed by atoms with Gasteiger partial charge >= 0.3 is 0 Å². The van der Waals surface area contributed by atoms with Crippen LogP contribution in [0.25, 0.3) is 0 Å². The number of ether oxygens (including phenoxy) is 3. The first-order valence-electron chi connectivity index (χ1n) is 15.9. The molecule has 6 rings (SSSR count). The van der Waals surface area contributed by atoms with Gasteiger partial charge in [0.05, 0.1) is 31.4 Å². The Balaban J connectivity index is 1.04. The molecule has 0 aromatic heterocycles. The van der Waals surface area contributed by atoms with Crippen LogP contribution in [0.2, 0.25) is 0 Å². The maximum Gasteiger partial charge on any atom is 0.227 e. The van der Waals surface area contributed by atoms with E-state index < -0.39 is 0 Å². The second-order valence-corrected chi connectivity index (χ2v) is 12.1. The second kappa shape index (κ2) is 14.4. The number of piperidine rings is 1. The maximum absolute atomic E-state index is 13.1. The third-order valence-corrected chi connectivity index (χ3v) is 9.22. The van der Waals surface area contributed by atoms with E-state index in [4.69, 9.17) is 14.2 Å². The van der Waals surface area contributed by atoms with Crippen LogP contribution in [0.3, 0.4) is 0 Å². The molecule has 3 atom stereocenters. The number of carbonyl (C=O) groups is 1. The van der Waals surface area contributed by atoms with Crippen molar-refractivity contribution >= 4 is 11.6 Å². The van der Waals surface area contributed by atoms with Gasteiger partial charge in [-0.3, -0.25) is 4.79 Å². The molecule has 1 N–H and O–H groups in total. The Bertz CT molecular complexity index is 1330. The first-order valence-corrected chi connectivity index (χ1v) is 15.9. The molecule has 7 heteroatoms. The van der Waals surface area contributed by atoms with Crippen molar-refractivity contribution in [2.24, 2.45) is 0 Å². The minimum absolute atomic E-state index is 0.0887. The average molecular weight is 584 g/mol. The zero-order valence-corrected chi connectivity index (χ0v) is 25.4. The fourth-order valence-corrected chi connectivity index (χ4v) is 6.78. The van der Waals surface area contributed by atoms with Crippen LogP contribution in [0.1, 0.15) is 53.4 Å². The SMILES string of the molecule is COCCCN1CCOc2ccc(COC3CNCCC3c3ccc(CC(=O)N4CCC(c5ccccc5)C4)cc3)cc21. The van der Waals surface area contributed by atoms with Crippen LogP contribution in [0.5, 0.6) is 5.75 Å². The van der Waals surface area contributed by atoms with E-state index in [0.717, 1.165) is 87.7 Å². The predicted octanol–water partition coefficient (Wildman–Crippen LogP) is 5.14. The van der Waals surface area contributed by atoms with Crippen LogP contribution in [-0.4, -0.2) is 76.5 Å². The summed E-state index contributed by atoms with van der Waals surface area (Å²) in [7, 11) is 1.75. The molecule has 0 spiro atoms. The van der Waals surface area contributed by atoms with Crippen molar-refractivity contribution < 1.29 is 19.0 Å². The number of benzene rings is 3. The minimum atomic E-state index is 0.0887. The Labute approximate surface area is 256 Å². The zero-order chi connectivity index (χ0) is 29.4. The lowest BCUT2D eigenvalue weighted by Gasteiger charge is -2.33. The second-order valence-electron chi connectivity index (χ2n) is 12.1. The van der Waals surface area contributed by atoms with E-state index in [1.807, 2.05) is 11.0 Å². The first kappa shape index (κ1) is 29.7. The molecule has 3 aliphatic heterocycles. The zero-order valence-electron chi connectivity index (χ0n) is 25.4. The number of nitrogens with one attached hydrogen (secondary N) is 1. The topological polar surface area (TPSA) is 63.3 Å². The Kier molecular flexibility index (Phi) is 9.93. The molecule has 1 amide bonds. The highest BCUT2D eigenvalue weighted by atomic mass is 16.5. The Hall–Kier alpha value is -3.39. The van der Waals surface area contributed by atoms with Crippen molar-refractivity contribution in [3.8, 4) is 5.75 Å². The van der Waals surface area contributed by atoms with E-state index in [1.165, 1.54) is 11.1 Å². The molecular formula is C36H45N3O4. The summed E-state index contributed by atoms with van der Waals surface area (Å²) in [6, 6.07) is 25.7. The molecule has 3 heterocycles. The number of likely N-dealkylation sites (tertiary alicyclic amines) is 1. The van der Waals surface area contributed by atoms with Gasteiger partial charge in [-0.2, -0.15) is 0 Å². The van der Waals surface area contributed by atoms with E-state index in [1.54, 1.807) is 7.11 Å². The molecule has 2 saturated heterocycles. The normalized spacial score (nSPS) is 21.8. The molecule has 228 valence electrons. The fraction of sp³-hybridized carbons (Fsp3) is 0.472. The number of amides is 1. The van der Waals surface area contributed by atoms with E-state index in [9.17, 15) is 4.79 Å². The lowest BCUT2D eigenvalue weighted by Crippen LogP contribution is -2.41. The highest BCUT2D eigenvalue weighted by molar-refractivity contribution is 5.79. The molecule has 0 radical (unpaired) electrons. The summed E-state index contributed by atoms with van der Waals surface area (Å²) in [6.07, 6.45) is 3.61. The third kappa shape index (κ3) is 7.40. The number of anilines is 1. The molecule has 43 heavy (non-hydrogen) atoms. The highest BCUT2D eigenvalue weighted by Gasteiger charge is 2.29. The van der Waals surface area contributed by atoms with Crippen LogP contribution in [0, 0.1) is 0 Å². The van der Waals surface area contributed by atoms with Gasteiger partial charge in [0.25, 0.3) is 0 Å². The maximum atomic E-state index is 13.1. The minimum Gasteiger partial charge on any atom is -0.490 e. The van der Waals surface area contributed by atoms with Crippen LogP contribution in [0.4, 0.5) is 5.69 Å². The average Bonchev–Trinajstić information content (AvgIpc) is 3.56. The van der Waals surface area contributed by atoms with Gasteiger partial charge in [0, 0.05) is 51.7 Å². The number of methoxy groups -OCH3 is 1. The van der Waals surface area contributed by atoms with Gasteiger partial charge in [0.15, 0.2) is 0 Å². The molecule has 3 aliphatic rings. The summed E-state index contributed by atoms with van der Waals surface area (Å²) >= 11 is 0. The van der Waals surface area contributed by atoms with Gasteiger partial charge in [0.1, 0.15) is 12.4 Å². The summed E-state index contributed by atoms with van der Waals surface area (Å²) in [6.45, 7) is 7.36. The molecule has 0 aliphatic carbocycles. The van der Waals surface area contributed by atoms with Crippen molar-refractivity contribution in [2.75, 3.05) is 64.5 Å². The number of nitrogens with zero attached hydrogens (tertiary/aromatic N) is 2. The lowest BCUT2D eigenvalue weighted by atomic mass is 9.87. The number of fused-ring (bicyclic) bond motifs is 1. The molecule has 3 aromatic carbocycles. The number of hydrogen-bond acceptors (Lipinski definition) is 6. The van der Waals surface area contributed by atoms with E-state index in [2.05, 4.69) is 76.9 Å². The van der Waals surface area contributed by atoms with E-state index in [-0.39, 0.29) is 12.0 Å². The summed E-state index contributed by atoms with van der Waals surface area (Å²) in [5.41, 5.74) is 6.01. The third-order valence-electron chi connectivity index (χ3n) is 9.22. The monoisotopic (exact) mass is 583 g/mol. The highest BCUT2D eigenvalue weighted by Crippen LogP contribution is 2.34. The van der Waals surface area contributed by atoms with Gasteiger partial charge in [-0.25, -0.2) is 0 Å². The molecule has 3 aromatic rings. The van der Waals surface area contributed by atoms with Gasteiger partial charge in [-0.15, -0.1) is 0 Å². The Morgan fingerprint density at radius 1 is 0.977 bits per heavy atom. The summed E-state index contributed by atoms with van der Waals surface area (Å²) in [4.78, 5) is 17.5. The lowest BCUT2D eigenvalue weighted by molar-refractivity contribution is -0.129. The van der Waals surface area contributed by atoms with E-state index >= 15 is 0 Å². The molecule has 0 saturated carbocycles. The van der Waals surface area contributed by atoms with Crippen molar-refractivity contribution in [1.29, 1.82) is 0 Å². The molecule has 3 unspecified atom stereocenters. The molecule has 2 fully saturated rings. The van der Waals surface area contributed by atoms with Gasteiger partial charge < -0.3 is 29.3 Å². The van der Waals surface area contributed by atoms with Gasteiger partial charge in [-0.05, 0) is 60.2 Å².